The van der Waals surface area contributed by atoms with Gasteiger partial charge >= 0.3 is 0 Å². The lowest BCUT2D eigenvalue weighted by Crippen LogP contribution is -2.40. The lowest BCUT2D eigenvalue weighted by Gasteiger charge is -2.22. The maximum Gasteiger partial charge on any atom is 0.193 e. The monoisotopic (exact) mass is 332 g/mol. The average Bonchev–Trinajstić information content (AvgIpc) is 3.14. The van der Waals surface area contributed by atoms with Crippen LogP contribution in [0.2, 0.25) is 0 Å². The quantitative estimate of drug-likeness (QED) is 0.677. The van der Waals surface area contributed by atoms with Gasteiger partial charge in [0.25, 0.3) is 0 Å². The Balaban J connectivity index is 1.68. The highest BCUT2D eigenvalue weighted by Crippen LogP contribution is 2.36. The summed E-state index contributed by atoms with van der Waals surface area (Å²) < 4.78 is 5.31. The SMILES string of the molecule is CCNC(=NCC(C)c1c(C)noc1C)N1CC2CCCCC2C1. The molecule has 1 aromatic heterocycles. The molecule has 134 valence electrons. The maximum absolute atomic E-state index is 5.31. The standard InChI is InChI=1S/C19H32N4O/c1-5-20-19(23-11-16-8-6-7-9-17(16)12-23)21-10-13(2)18-14(3)22-24-15(18)4/h13,16-17H,5-12H2,1-4H3,(H,20,21). The first-order valence-corrected chi connectivity index (χ1v) is 9.56. The van der Waals surface area contributed by atoms with Gasteiger partial charge in [0.15, 0.2) is 5.96 Å². The Hall–Kier alpha value is -1.52. The van der Waals surface area contributed by atoms with Crippen LogP contribution in [0.4, 0.5) is 0 Å². The van der Waals surface area contributed by atoms with Crippen molar-refractivity contribution in [3.8, 4) is 0 Å². The molecule has 2 aliphatic rings. The summed E-state index contributed by atoms with van der Waals surface area (Å²) in [6.45, 7) is 12.4. The summed E-state index contributed by atoms with van der Waals surface area (Å²) in [5.74, 6) is 4.10. The first-order chi connectivity index (χ1) is 11.6. The van der Waals surface area contributed by atoms with Crippen molar-refractivity contribution in [2.75, 3.05) is 26.2 Å². The van der Waals surface area contributed by atoms with Crippen molar-refractivity contribution in [2.24, 2.45) is 16.8 Å². The fourth-order valence-corrected chi connectivity index (χ4v) is 4.51. The van der Waals surface area contributed by atoms with Gasteiger partial charge in [-0.05, 0) is 45.4 Å². The molecular formula is C19H32N4O. The second-order valence-electron chi connectivity index (χ2n) is 7.54. The van der Waals surface area contributed by atoms with E-state index >= 15 is 0 Å². The molecule has 0 amide bonds. The molecule has 3 rings (SSSR count). The molecule has 3 unspecified atom stereocenters. The van der Waals surface area contributed by atoms with Gasteiger partial charge < -0.3 is 14.7 Å². The molecule has 1 aliphatic carbocycles. The molecule has 1 saturated carbocycles. The summed E-state index contributed by atoms with van der Waals surface area (Å²) in [5.41, 5.74) is 2.21. The lowest BCUT2D eigenvalue weighted by atomic mass is 9.82. The number of aliphatic imine (C=N–C) groups is 1. The average molecular weight is 332 g/mol. The Labute approximate surface area is 145 Å². The highest BCUT2D eigenvalue weighted by molar-refractivity contribution is 5.80. The first kappa shape index (κ1) is 17.3. The van der Waals surface area contributed by atoms with Crippen LogP contribution in [-0.4, -0.2) is 42.2 Å². The van der Waals surface area contributed by atoms with E-state index in [1.165, 1.54) is 44.3 Å². The Morgan fingerprint density at radius 1 is 1.29 bits per heavy atom. The van der Waals surface area contributed by atoms with Gasteiger partial charge in [-0.1, -0.05) is 24.9 Å². The molecular weight excluding hydrogens is 300 g/mol. The smallest absolute Gasteiger partial charge is 0.193 e. The second kappa shape index (κ2) is 7.58. The number of nitrogens with one attached hydrogen (secondary N) is 1. The van der Waals surface area contributed by atoms with Crippen molar-refractivity contribution < 1.29 is 4.52 Å². The van der Waals surface area contributed by atoms with Crippen molar-refractivity contribution in [1.82, 2.24) is 15.4 Å². The number of hydrogen-bond donors (Lipinski definition) is 1. The van der Waals surface area contributed by atoms with Crippen LogP contribution in [0.25, 0.3) is 0 Å². The Kier molecular flexibility index (Phi) is 5.47. The lowest BCUT2D eigenvalue weighted by molar-refractivity contribution is 0.299. The van der Waals surface area contributed by atoms with Gasteiger partial charge in [-0.2, -0.15) is 0 Å². The van der Waals surface area contributed by atoms with Gasteiger partial charge in [-0.15, -0.1) is 0 Å². The molecule has 3 atom stereocenters. The summed E-state index contributed by atoms with van der Waals surface area (Å²) in [7, 11) is 0. The van der Waals surface area contributed by atoms with Crippen molar-refractivity contribution in [3.63, 3.8) is 0 Å². The van der Waals surface area contributed by atoms with E-state index in [0.29, 0.717) is 5.92 Å². The van der Waals surface area contributed by atoms with Crippen LogP contribution in [0, 0.1) is 25.7 Å². The molecule has 0 aromatic carbocycles. The minimum absolute atomic E-state index is 0.329. The zero-order valence-corrected chi connectivity index (χ0v) is 15.6. The van der Waals surface area contributed by atoms with E-state index < -0.39 is 0 Å². The van der Waals surface area contributed by atoms with Crippen molar-refractivity contribution >= 4 is 5.96 Å². The minimum atomic E-state index is 0.329. The van der Waals surface area contributed by atoms with E-state index in [-0.39, 0.29) is 0 Å². The van der Waals surface area contributed by atoms with Crippen LogP contribution < -0.4 is 5.32 Å². The Bertz CT molecular complexity index is 546. The number of likely N-dealkylation sites (tertiary alicyclic amines) is 1. The molecule has 0 radical (unpaired) electrons. The Morgan fingerprint density at radius 3 is 2.50 bits per heavy atom. The Morgan fingerprint density at radius 2 is 1.96 bits per heavy atom. The molecule has 1 N–H and O–H groups in total. The van der Waals surface area contributed by atoms with Gasteiger partial charge in [0, 0.05) is 37.7 Å². The highest BCUT2D eigenvalue weighted by atomic mass is 16.5. The molecule has 1 aromatic rings. The fraction of sp³-hybridized carbons (Fsp3) is 0.789. The van der Waals surface area contributed by atoms with Crippen molar-refractivity contribution in [2.45, 2.75) is 59.3 Å². The van der Waals surface area contributed by atoms with E-state index in [0.717, 1.165) is 42.3 Å². The van der Waals surface area contributed by atoms with Crippen LogP contribution in [-0.2, 0) is 0 Å². The number of nitrogens with zero attached hydrogens (tertiary/aromatic N) is 3. The molecule has 2 heterocycles. The van der Waals surface area contributed by atoms with Gasteiger partial charge in [0.2, 0.25) is 0 Å². The topological polar surface area (TPSA) is 53.7 Å². The molecule has 1 saturated heterocycles. The predicted octanol–water partition coefficient (Wildman–Crippen LogP) is 3.48. The first-order valence-electron chi connectivity index (χ1n) is 9.56. The zero-order valence-electron chi connectivity index (χ0n) is 15.6. The highest BCUT2D eigenvalue weighted by Gasteiger charge is 2.35. The van der Waals surface area contributed by atoms with Crippen molar-refractivity contribution in [3.05, 3.63) is 17.0 Å². The van der Waals surface area contributed by atoms with E-state index in [1.54, 1.807) is 0 Å². The van der Waals surface area contributed by atoms with Crippen LogP contribution >= 0.6 is 0 Å². The normalized spacial score (nSPS) is 25.7. The third kappa shape index (κ3) is 3.60. The third-order valence-electron chi connectivity index (χ3n) is 5.71. The summed E-state index contributed by atoms with van der Waals surface area (Å²) in [6, 6.07) is 0. The number of aromatic nitrogens is 1. The third-order valence-corrected chi connectivity index (χ3v) is 5.71. The second-order valence-corrected chi connectivity index (χ2v) is 7.54. The minimum Gasteiger partial charge on any atom is -0.361 e. The summed E-state index contributed by atoms with van der Waals surface area (Å²) in [5, 5.41) is 7.58. The van der Waals surface area contributed by atoms with Gasteiger partial charge in [-0.3, -0.25) is 4.99 Å². The van der Waals surface area contributed by atoms with E-state index in [1.807, 2.05) is 13.8 Å². The number of fused-ring (bicyclic) bond motifs is 1. The van der Waals surface area contributed by atoms with Gasteiger partial charge in [-0.25, -0.2) is 0 Å². The van der Waals surface area contributed by atoms with E-state index in [9.17, 15) is 0 Å². The van der Waals surface area contributed by atoms with Crippen LogP contribution in [0.1, 0.15) is 62.5 Å². The molecule has 2 fully saturated rings. The van der Waals surface area contributed by atoms with Gasteiger partial charge in [0.05, 0.1) is 5.69 Å². The number of aryl methyl sites for hydroxylation is 2. The molecule has 5 heteroatoms. The molecule has 5 nitrogen and oxygen atoms in total. The van der Waals surface area contributed by atoms with Crippen LogP contribution in [0.5, 0.6) is 0 Å². The van der Waals surface area contributed by atoms with Gasteiger partial charge in [0.1, 0.15) is 5.76 Å². The predicted molar refractivity (Wildman–Crippen MR) is 97.4 cm³/mol. The number of guanidine groups is 1. The summed E-state index contributed by atoms with van der Waals surface area (Å²) >= 11 is 0. The number of hydrogen-bond acceptors (Lipinski definition) is 3. The van der Waals surface area contributed by atoms with Crippen molar-refractivity contribution in [1.29, 1.82) is 0 Å². The number of rotatable bonds is 4. The molecule has 24 heavy (non-hydrogen) atoms. The zero-order chi connectivity index (χ0) is 17.1. The largest absolute Gasteiger partial charge is 0.361 e. The molecule has 0 bridgehead atoms. The summed E-state index contributed by atoms with van der Waals surface area (Å²) in [4.78, 5) is 7.44. The maximum atomic E-state index is 5.31. The van der Waals surface area contributed by atoms with Crippen LogP contribution in [0.15, 0.2) is 9.52 Å². The van der Waals surface area contributed by atoms with E-state index in [2.05, 4.69) is 29.2 Å². The molecule has 0 spiro atoms. The van der Waals surface area contributed by atoms with Crippen LogP contribution in [0.3, 0.4) is 0 Å². The summed E-state index contributed by atoms with van der Waals surface area (Å²) in [6.07, 6.45) is 5.61. The van der Waals surface area contributed by atoms with E-state index in [4.69, 9.17) is 9.52 Å². The fourth-order valence-electron chi connectivity index (χ4n) is 4.51. The molecule has 1 aliphatic heterocycles.